The van der Waals surface area contributed by atoms with Gasteiger partial charge in [-0.05, 0) is 70.3 Å². The number of rotatable bonds is 9. The van der Waals surface area contributed by atoms with Crippen molar-refractivity contribution >= 4 is 34.6 Å². The molecule has 0 aromatic heterocycles. The normalized spacial score (nSPS) is 10.9. The summed E-state index contributed by atoms with van der Waals surface area (Å²) in [6, 6.07) is 43.6. The molecule has 0 aliphatic heterocycles. The quantitative estimate of drug-likeness (QED) is 0.188. The summed E-state index contributed by atoms with van der Waals surface area (Å²) in [5, 5.41) is 8.39. The van der Waals surface area contributed by atoms with E-state index in [0.29, 0.717) is 10.0 Å². The van der Waals surface area contributed by atoms with Crippen molar-refractivity contribution in [3.8, 4) is 0 Å². The monoisotopic (exact) mass is 522 g/mol. The highest BCUT2D eigenvalue weighted by Crippen LogP contribution is 2.38. The van der Waals surface area contributed by atoms with Crippen molar-refractivity contribution in [2.24, 2.45) is 0 Å². The van der Waals surface area contributed by atoms with Gasteiger partial charge >= 0.3 is 0 Å². The number of nitrogens with one attached hydrogen (secondary N) is 2. The van der Waals surface area contributed by atoms with Crippen LogP contribution >= 0.6 is 23.2 Å². The molecule has 184 valence electrons. The number of hydrogen-bond donors (Lipinski definition) is 2. The molecule has 4 heteroatoms. The minimum Gasteiger partial charge on any atom is -0.381 e. The lowest BCUT2D eigenvalue weighted by molar-refractivity contribution is 0.976. The Balaban J connectivity index is 1.39. The van der Waals surface area contributed by atoms with Crippen LogP contribution in [0.5, 0.6) is 0 Å². The Morgan fingerprint density at radius 1 is 0.514 bits per heavy atom. The molecule has 0 unspecified atom stereocenters. The molecule has 0 aliphatic carbocycles. The van der Waals surface area contributed by atoms with Gasteiger partial charge in [0.2, 0.25) is 0 Å². The Hall–Kier alpha value is -3.72. The number of hydrogen-bond acceptors (Lipinski definition) is 2. The molecule has 0 spiro atoms. The molecule has 0 fully saturated rings. The molecule has 2 N–H and O–H groups in total. The average molecular weight is 524 g/mol. The van der Waals surface area contributed by atoms with Crippen molar-refractivity contribution in [1.82, 2.24) is 0 Å². The van der Waals surface area contributed by atoms with Gasteiger partial charge < -0.3 is 10.6 Å². The Kier molecular flexibility index (Phi) is 8.10. The van der Waals surface area contributed by atoms with E-state index in [2.05, 4.69) is 108 Å². The van der Waals surface area contributed by atoms with E-state index in [1.165, 1.54) is 11.1 Å². The molecule has 0 saturated carbocycles. The third kappa shape index (κ3) is 6.54. The van der Waals surface area contributed by atoms with Gasteiger partial charge in [0.1, 0.15) is 0 Å². The van der Waals surface area contributed by atoms with Crippen molar-refractivity contribution in [2.75, 3.05) is 10.6 Å². The predicted octanol–water partition coefficient (Wildman–Crippen LogP) is 9.40. The maximum atomic E-state index is 6.71. The lowest BCUT2D eigenvalue weighted by Gasteiger charge is -2.21. The second kappa shape index (κ2) is 12.0. The molecule has 0 atom stereocenters. The van der Waals surface area contributed by atoms with Gasteiger partial charge in [0.15, 0.2) is 0 Å². The van der Waals surface area contributed by atoms with E-state index < -0.39 is 0 Å². The van der Waals surface area contributed by atoms with Gasteiger partial charge in [-0.3, -0.25) is 0 Å². The summed E-state index contributed by atoms with van der Waals surface area (Å²) in [6.45, 7) is 1.56. The van der Waals surface area contributed by atoms with Gasteiger partial charge in [0, 0.05) is 40.4 Å². The summed E-state index contributed by atoms with van der Waals surface area (Å²) in [5.41, 5.74) is 7.93. The first-order valence-corrected chi connectivity index (χ1v) is 13.1. The third-order valence-electron chi connectivity index (χ3n) is 6.44. The molecule has 37 heavy (non-hydrogen) atoms. The van der Waals surface area contributed by atoms with Crippen molar-refractivity contribution < 1.29 is 0 Å². The summed E-state index contributed by atoms with van der Waals surface area (Å²) in [5.74, 6) is -0.0439. The van der Waals surface area contributed by atoms with Gasteiger partial charge in [-0.2, -0.15) is 0 Å². The fourth-order valence-corrected chi connectivity index (χ4v) is 4.88. The van der Waals surface area contributed by atoms with E-state index in [1.54, 1.807) is 0 Å². The molecule has 0 heterocycles. The zero-order chi connectivity index (χ0) is 25.5. The van der Waals surface area contributed by atoms with Crippen molar-refractivity contribution in [1.29, 1.82) is 0 Å². The van der Waals surface area contributed by atoms with Crippen molar-refractivity contribution in [3.63, 3.8) is 0 Å². The molecule has 2 nitrogen and oxygen atoms in total. The van der Waals surface area contributed by atoms with Crippen LogP contribution in [0.4, 0.5) is 11.4 Å². The van der Waals surface area contributed by atoms with Gasteiger partial charge in [0.05, 0.1) is 0 Å². The minimum atomic E-state index is -0.0439. The average Bonchev–Trinajstić information content (AvgIpc) is 2.95. The van der Waals surface area contributed by atoms with E-state index in [9.17, 15) is 0 Å². The highest BCUT2D eigenvalue weighted by atomic mass is 35.5. The fraction of sp³-hybridized carbons (Fsp3) is 0.0909. The van der Waals surface area contributed by atoms with E-state index in [1.807, 2.05) is 30.3 Å². The molecule has 0 bridgehead atoms. The van der Waals surface area contributed by atoms with Crippen LogP contribution < -0.4 is 10.6 Å². The van der Waals surface area contributed by atoms with Crippen molar-refractivity contribution in [2.45, 2.75) is 19.0 Å². The maximum absolute atomic E-state index is 6.71. The SMILES string of the molecule is Clc1ccc(Cl)c(C(c2ccc(NCc3ccccc3)cc2)c2ccc(NCc3ccccc3)cc2)c1. The molecule has 0 radical (unpaired) electrons. The first kappa shape index (κ1) is 25.0. The van der Waals surface area contributed by atoms with Gasteiger partial charge in [-0.1, -0.05) is 108 Å². The van der Waals surface area contributed by atoms with Gasteiger partial charge in [-0.25, -0.2) is 0 Å². The zero-order valence-corrected chi connectivity index (χ0v) is 21.9. The molecular weight excluding hydrogens is 495 g/mol. The maximum Gasteiger partial charge on any atom is 0.0448 e. The van der Waals surface area contributed by atoms with E-state index >= 15 is 0 Å². The minimum absolute atomic E-state index is 0.0439. The summed E-state index contributed by atoms with van der Waals surface area (Å²) in [4.78, 5) is 0. The fourth-order valence-electron chi connectivity index (χ4n) is 4.47. The number of halogens is 2. The molecule has 0 amide bonds. The highest BCUT2D eigenvalue weighted by molar-refractivity contribution is 6.33. The molecular formula is C33H28Cl2N2. The molecule has 5 aromatic rings. The largest absolute Gasteiger partial charge is 0.381 e. The lowest BCUT2D eigenvalue weighted by atomic mass is 9.85. The van der Waals surface area contributed by atoms with E-state index in [-0.39, 0.29) is 5.92 Å². The smallest absolute Gasteiger partial charge is 0.0448 e. The Morgan fingerprint density at radius 2 is 0.973 bits per heavy atom. The lowest BCUT2D eigenvalue weighted by Crippen LogP contribution is -2.06. The van der Waals surface area contributed by atoms with Crippen molar-refractivity contribution in [3.05, 3.63) is 165 Å². The molecule has 5 aromatic carbocycles. The summed E-state index contributed by atoms with van der Waals surface area (Å²) >= 11 is 13.1. The molecule has 0 saturated heterocycles. The number of benzene rings is 5. The van der Waals surface area contributed by atoms with Crippen LogP contribution in [0.1, 0.15) is 33.7 Å². The second-order valence-corrected chi connectivity index (χ2v) is 9.86. The van der Waals surface area contributed by atoms with E-state index in [4.69, 9.17) is 23.2 Å². The van der Waals surface area contributed by atoms with Crippen LogP contribution in [0.2, 0.25) is 10.0 Å². The Labute approximate surface area is 228 Å². The van der Waals surface area contributed by atoms with Crippen LogP contribution in [-0.2, 0) is 13.1 Å². The topological polar surface area (TPSA) is 24.1 Å². The highest BCUT2D eigenvalue weighted by Gasteiger charge is 2.20. The van der Waals surface area contributed by atoms with Gasteiger partial charge in [0.25, 0.3) is 0 Å². The standard InChI is InChI=1S/C33H28Cl2N2/c34-28-15-20-32(35)31(21-28)33(26-11-16-29(17-12-26)36-22-24-7-3-1-4-8-24)27-13-18-30(19-14-27)37-23-25-9-5-2-6-10-25/h1-21,33,36-37H,22-23H2. The molecule has 5 rings (SSSR count). The zero-order valence-electron chi connectivity index (χ0n) is 20.4. The van der Waals surface area contributed by atoms with Crippen LogP contribution in [0, 0.1) is 0 Å². The summed E-state index contributed by atoms with van der Waals surface area (Å²) in [6.07, 6.45) is 0. The molecule has 0 aliphatic rings. The van der Waals surface area contributed by atoms with Crippen LogP contribution in [-0.4, -0.2) is 0 Å². The van der Waals surface area contributed by atoms with E-state index in [0.717, 1.165) is 41.2 Å². The van der Waals surface area contributed by atoms with Crippen LogP contribution in [0.25, 0.3) is 0 Å². The summed E-state index contributed by atoms with van der Waals surface area (Å²) < 4.78 is 0. The first-order valence-electron chi connectivity index (χ1n) is 12.4. The third-order valence-corrected chi connectivity index (χ3v) is 7.02. The Morgan fingerprint density at radius 3 is 1.43 bits per heavy atom. The van der Waals surface area contributed by atoms with Crippen LogP contribution in [0.15, 0.2) is 127 Å². The van der Waals surface area contributed by atoms with Gasteiger partial charge in [-0.15, -0.1) is 0 Å². The first-order chi connectivity index (χ1) is 18.2. The Bertz CT molecular complexity index is 1330. The summed E-state index contributed by atoms with van der Waals surface area (Å²) in [7, 11) is 0. The van der Waals surface area contributed by atoms with Crippen LogP contribution in [0.3, 0.4) is 0 Å². The predicted molar refractivity (Wildman–Crippen MR) is 158 cm³/mol. The number of anilines is 2. The second-order valence-electron chi connectivity index (χ2n) is 9.02.